The maximum absolute atomic E-state index is 13.4. The first-order chi connectivity index (χ1) is 72.0. The molecule has 10 N–H and O–H groups in total. The third-order valence-corrected chi connectivity index (χ3v) is 28.0. The number of nitrogens with zero attached hydrogens (tertiary/aromatic N) is 34. The Hall–Kier alpha value is -17.3. The molecule has 24 rings (SSSR count). The Bertz CT molecular complexity index is 7710. The lowest BCUT2D eigenvalue weighted by Gasteiger charge is -2.33. The van der Waals surface area contributed by atoms with Crippen molar-refractivity contribution in [3.63, 3.8) is 0 Å². The van der Waals surface area contributed by atoms with E-state index in [4.69, 9.17) is 0 Å². The zero-order valence-corrected chi connectivity index (χ0v) is 85.6. The molecule has 12 aromatic heterocycles. The summed E-state index contributed by atoms with van der Waals surface area (Å²) >= 11 is 0. The molecule has 0 saturated carbocycles. The van der Waals surface area contributed by atoms with Gasteiger partial charge in [0.25, 0.3) is 23.6 Å². The molecule has 0 radical (unpaired) electrons. The smallest absolute Gasteiger partial charge is 0.255 e. The van der Waals surface area contributed by atoms with E-state index in [9.17, 15) is 19.2 Å². The number of aromatic nitrogens is 28. The largest absolute Gasteiger partial charge is 0.354 e. The molecule has 2 unspecified atom stereocenters. The summed E-state index contributed by atoms with van der Waals surface area (Å²) in [6.07, 6.45) is 7.30. The highest BCUT2D eigenvalue weighted by atomic mass is 16.2. The molecule has 0 bridgehead atoms. The summed E-state index contributed by atoms with van der Waals surface area (Å²) in [6.45, 7) is 35.4. The Morgan fingerprint density at radius 3 is 0.892 bits per heavy atom. The van der Waals surface area contributed by atoms with Crippen LogP contribution in [0.1, 0.15) is 81.3 Å². The summed E-state index contributed by atoms with van der Waals surface area (Å²) in [5, 5.41) is 101. The first-order valence-corrected chi connectivity index (χ1v) is 49.6. The summed E-state index contributed by atoms with van der Waals surface area (Å²) in [4.78, 5) is 92.6. The highest BCUT2D eigenvalue weighted by molar-refractivity contribution is 6.10. The second-order valence-corrected chi connectivity index (χ2v) is 36.6. The average Bonchev–Trinajstić information content (AvgIpc) is 1.55. The van der Waals surface area contributed by atoms with Gasteiger partial charge in [-0.2, -0.15) is 20.4 Å². The summed E-state index contributed by atoms with van der Waals surface area (Å²) < 4.78 is 6.53. The van der Waals surface area contributed by atoms with E-state index in [1.165, 1.54) is 0 Å². The fraction of sp³-hybridized carbons (Fsp3) is 0.360. The van der Waals surface area contributed by atoms with Crippen molar-refractivity contribution >= 4 is 137 Å². The van der Waals surface area contributed by atoms with Crippen molar-refractivity contribution < 1.29 is 19.2 Å². The number of allylic oxidation sites excluding steroid dienone is 4. The number of benzene rings is 4. The number of aromatic amines is 4. The van der Waals surface area contributed by atoms with Crippen LogP contribution < -0.4 is 71.1 Å². The highest BCUT2D eigenvalue weighted by Gasteiger charge is 2.37. The summed E-state index contributed by atoms with van der Waals surface area (Å²) in [5.41, 5.74) is 19.2. The second-order valence-electron chi connectivity index (χ2n) is 36.6. The third kappa shape index (κ3) is 20.2. The minimum atomic E-state index is -0.292. The molecule has 4 saturated heterocycles. The molecule has 2 atom stereocenters. The number of H-pyrrole nitrogens is 4. The summed E-state index contributed by atoms with van der Waals surface area (Å²) in [6, 6.07) is 38.6. The van der Waals surface area contributed by atoms with Crippen LogP contribution in [0.15, 0.2) is 191 Å². The first kappa shape index (κ1) is 99.5. The molecule has 4 fully saturated rings. The molecule has 4 amide bonds. The van der Waals surface area contributed by atoms with Crippen LogP contribution >= 0.6 is 0 Å². The number of tetrazole rings is 4. The molecule has 764 valence electrons. The number of amides is 4. The Morgan fingerprint density at radius 2 is 0.588 bits per heavy atom. The number of fused-ring (bicyclic) bond motifs is 8. The van der Waals surface area contributed by atoms with Gasteiger partial charge < -0.3 is 80.9 Å². The molecule has 20 heterocycles. The fourth-order valence-electron chi connectivity index (χ4n) is 19.2. The van der Waals surface area contributed by atoms with E-state index >= 15 is 0 Å². The maximum atomic E-state index is 13.4. The van der Waals surface area contributed by atoms with Gasteiger partial charge in [-0.1, -0.05) is 48.1 Å². The Labute approximate surface area is 851 Å². The van der Waals surface area contributed by atoms with Crippen molar-refractivity contribution in [2.45, 2.75) is 94.4 Å². The van der Waals surface area contributed by atoms with Gasteiger partial charge >= 0.3 is 0 Å². The lowest BCUT2D eigenvalue weighted by Crippen LogP contribution is -2.44. The van der Waals surface area contributed by atoms with Gasteiger partial charge in [0.1, 0.15) is 46.0 Å². The number of hydrogen-bond acceptors (Lipinski definition) is 36. The molecule has 16 aromatic rings. The quantitative estimate of drug-likeness (QED) is 0.0430. The van der Waals surface area contributed by atoms with Gasteiger partial charge in [0.2, 0.25) is 23.8 Å². The van der Waals surface area contributed by atoms with Crippen LogP contribution in [0.3, 0.4) is 0 Å². The van der Waals surface area contributed by atoms with Crippen LogP contribution in [0.2, 0.25) is 0 Å². The Balaban J connectivity index is 0.000000123. The molecule has 0 spiro atoms. The molecule has 8 aliphatic rings. The van der Waals surface area contributed by atoms with Crippen LogP contribution in [-0.2, 0) is 32.3 Å². The predicted octanol–water partition coefficient (Wildman–Crippen LogP) is 9.39. The molecule has 48 heteroatoms. The fourth-order valence-corrected chi connectivity index (χ4v) is 19.2. The van der Waals surface area contributed by atoms with Gasteiger partial charge in [-0.25, -0.2) is 38.7 Å². The second kappa shape index (κ2) is 43.3. The minimum Gasteiger partial charge on any atom is -0.354 e. The molecular weight excluding hydrogens is 1880 g/mol. The van der Waals surface area contributed by atoms with Crippen molar-refractivity contribution in [3.05, 3.63) is 191 Å². The lowest BCUT2D eigenvalue weighted by atomic mass is 10.0. The Morgan fingerprint density at radius 1 is 0.318 bits per heavy atom. The van der Waals surface area contributed by atoms with E-state index in [-0.39, 0.29) is 35.7 Å². The van der Waals surface area contributed by atoms with Gasteiger partial charge in [-0.15, -0.1) is 0 Å². The summed E-state index contributed by atoms with van der Waals surface area (Å²) in [5.74, 6) is 5.46. The molecular formula is C100H120N44O4. The van der Waals surface area contributed by atoms with Crippen LogP contribution in [0, 0.1) is 0 Å². The van der Waals surface area contributed by atoms with Gasteiger partial charge in [0.05, 0.1) is 69.5 Å². The van der Waals surface area contributed by atoms with Crippen LogP contribution in [-0.4, -0.2) is 322 Å². The molecule has 0 aliphatic carbocycles. The number of hydrogen-bond donors (Lipinski definition) is 10. The van der Waals surface area contributed by atoms with Crippen molar-refractivity contribution in [2.24, 2.45) is 0 Å². The maximum Gasteiger partial charge on any atom is 0.255 e. The van der Waals surface area contributed by atoms with E-state index in [0.29, 0.717) is 81.9 Å². The average molecular weight is 2000 g/mol. The van der Waals surface area contributed by atoms with E-state index in [1.54, 1.807) is 18.7 Å². The number of rotatable bonds is 16. The van der Waals surface area contributed by atoms with E-state index in [1.807, 2.05) is 239 Å². The van der Waals surface area contributed by atoms with Crippen molar-refractivity contribution in [1.82, 2.24) is 162 Å². The normalized spacial score (nSPS) is 16.9. The number of likely N-dealkylation sites (N-methyl/N-ethyl adjacent to an activating group) is 2. The van der Waals surface area contributed by atoms with E-state index in [2.05, 4.69) is 222 Å². The SMILES string of the molecule is CC.CC.CC1=C(C(=O)Nc2ccc3[nH]nc(-c4ccnc(N5CCN(C)CC5)c4)c3c2)C(C)n2nnnc2N1C.CC1=C(C(=O)Nc2ccc3[nH]nc(-c4ccnc(N5CCN(C)CC5)c4)c3c2)Cn2nnnc2N1C.CC1=C(C(=O)Nc2ccc3[nH]nc(-c4ccnc(N5CCNCC5)c4)c3c2)C(C)n2nnnc2N1C.CC1=C(C(=O)Nc2ccc3[nH]nc(-c4ccnc(N5CCNCC5)c4)c3c2)Cn2nnnc2N1C. The number of pyridine rings is 4. The van der Waals surface area contributed by atoms with Gasteiger partial charge in [0, 0.05) is 247 Å². The van der Waals surface area contributed by atoms with Gasteiger partial charge in [-0.05, 0) is 219 Å². The molecule has 148 heavy (non-hydrogen) atoms. The van der Waals surface area contributed by atoms with Crippen molar-refractivity contribution in [1.29, 1.82) is 0 Å². The standard InChI is InChI=1S/C25H29N11O.2C24H27N11O.C23H25N11O.2C2H6/c1-15-22(16(2)36-25(34(15)4)30-31-32-36)24(37)27-18-5-6-20-19(14-18)23(29-28-20)17-7-8-26-21(13-17)35-11-9-33(3)10-12-35;1-15-19(14-35-24(33(15)3)29-30-31-35)23(36)26-17-4-5-20-18(13-17)22(28-27-20)16-6-7-25-21(12-16)34-10-8-32(2)9-11-34;1-14-21(15(2)35-24(33(14)3)30-31-32-35)23(36)27-17-4-5-19-18(13-17)22(29-28-19)16-6-7-26-20(12-16)34-10-8-25-9-11-34;1-14-18(13-34-23(32(14)2)29-30-31-34)22(35)26-16-3-4-19-17(12-16)21(28-27-19)15-5-6-25-20(11-15)33-9-7-24-8-10-33;2*1-2/h5-8,13-14,16H,9-12H2,1-4H3,(H,27,37)(H,28,29);4-7,12-13H,8-11,14H2,1-3H3,(H,26,36)(H,27,28);4-7,12-13,15,25H,8-11H2,1-3H3,(H,27,36)(H,28,29);3-6,11-12,24H,7-10,13H2,1-2H3,(H,26,35)(H,27,28);2*1-2H3. The monoisotopic (exact) mass is 2000 g/mol. The molecule has 4 aromatic carbocycles. The lowest BCUT2D eigenvalue weighted by molar-refractivity contribution is -0.114. The topological polar surface area (TPSA) is 514 Å². The van der Waals surface area contributed by atoms with Crippen LogP contribution in [0.4, 0.5) is 69.8 Å². The zero-order valence-electron chi connectivity index (χ0n) is 85.6. The van der Waals surface area contributed by atoms with E-state index < -0.39 is 0 Å². The number of anilines is 12. The first-order valence-electron chi connectivity index (χ1n) is 49.6. The van der Waals surface area contributed by atoms with Crippen LogP contribution in [0.5, 0.6) is 0 Å². The van der Waals surface area contributed by atoms with E-state index in [0.717, 1.165) is 239 Å². The number of carbonyl (C=O) groups is 4. The predicted molar refractivity (Wildman–Crippen MR) is 569 cm³/mol. The molecule has 48 nitrogen and oxygen atoms in total. The minimum absolute atomic E-state index is 0.189. The summed E-state index contributed by atoms with van der Waals surface area (Å²) in [7, 11) is 11.7. The third-order valence-electron chi connectivity index (χ3n) is 28.0. The zero-order chi connectivity index (χ0) is 103. The van der Waals surface area contributed by atoms with Gasteiger partial charge in [-0.3, -0.25) is 39.6 Å². The highest BCUT2D eigenvalue weighted by Crippen LogP contribution is 2.41. The molecule has 8 aliphatic heterocycles. The number of carbonyl (C=O) groups excluding carboxylic acids is 4. The number of nitrogens with one attached hydrogen (secondary N) is 10. The van der Waals surface area contributed by atoms with Crippen LogP contribution in [0.25, 0.3) is 88.6 Å². The van der Waals surface area contributed by atoms with Crippen molar-refractivity contribution in [2.75, 3.05) is 207 Å². The Kier molecular flexibility index (Phi) is 29.1. The van der Waals surface area contributed by atoms with Gasteiger partial charge in [0.15, 0.2) is 0 Å². The van der Waals surface area contributed by atoms with Crippen molar-refractivity contribution in [3.8, 4) is 45.0 Å². The number of piperazine rings is 4.